The Hall–Kier alpha value is -2.61. The number of hydrogen-bond donors (Lipinski definition) is 0. The zero-order valence-corrected chi connectivity index (χ0v) is 20.9. The van der Waals surface area contributed by atoms with Gasteiger partial charge in [0.25, 0.3) is 17.7 Å². The van der Waals surface area contributed by atoms with Crippen LogP contribution in [0, 0.1) is 0 Å². The van der Waals surface area contributed by atoms with Gasteiger partial charge in [-0.15, -0.1) is 11.3 Å². The number of benzene rings is 3. The third-order valence-corrected chi connectivity index (χ3v) is 7.81. The second-order valence-electron chi connectivity index (χ2n) is 7.44. The van der Waals surface area contributed by atoms with E-state index in [-0.39, 0.29) is 38.4 Å². The molecule has 0 aliphatic carbocycles. The number of carbonyl (C=O) groups excluding carboxylic acids is 3. The average Bonchev–Trinajstić information content (AvgIpc) is 3.26. The van der Waals surface area contributed by atoms with Crippen molar-refractivity contribution in [3.63, 3.8) is 0 Å². The van der Waals surface area contributed by atoms with Gasteiger partial charge in [0.15, 0.2) is 0 Å². The molecule has 34 heavy (non-hydrogen) atoms. The summed E-state index contributed by atoms with van der Waals surface area (Å²) in [6.45, 7) is -0.363. The Labute approximate surface area is 218 Å². The molecule has 0 bridgehead atoms. The van der Waals surface area contributed by atoms with Crippen LogP contribution in [0.2, 0.25) is 20.1 Å². The SMILES string of the molecule is O=C1c2ccccc2C(=O)N1CN(C(=O)c1sc2cc(Cl)ccc2c1Cl)c1ccc(Cl)cc1Cl. The highest BCUT2D eigenvalue weighted by Crippen LogP contribution is 2.39. The van der Waals surface area contributed by atoms with Crippen molar-refractivity contribution in [3.8, 4) is 0 Å². The summed E-state index contributed by atoms with van der Waals surface area (Å²) in [5.74, 6) is -1.53. The number of amides is 3. The standard InChI is InChI=1S/C24H12Cl4N2O3S/c25-12-6-8-18(17(27)9-12)29(11-30-22(31)14-3-1-2-4-15(14)23(30)32)24(33)21-20(28)16-7-5-13(26)10-19(16)34-21/h1-10H,11H2. The summed E-state index contributed by atoms with van der Waals surface area (Å²) in [5, 5.41) is 1.98. The van der Waals surface area contributed by atoms with Crippen LogP contribution in [-0.4, -0.2) is 29.3 Å². The van der Waals surface area contributed by atoms with E-state index < -0.39 is 17.7 Å². The average molecular weight is 550 g/mol. The summed E-state index contributed by atoms with van der Waals surface area (Å²) in [6, 6.07) is 16.2. The van der Waals surface area contributed by atoms with Gasteiger partial charge in [0.2, 0.25) is 0 Å². The van der Waals surface area contributed by atoms with Crippen LogP contribution in [0.25, 0.3) is 10.1 Å². The van der Waals surface area contributed by atoms with Crippen molar-refractivity contribution in [2.45, 2.75) is 0 Å². The third kappa shape index (κ3) is 3.85. The van der Waals surface area contributed by atoms with E-state index in [1.165, 1.54) is 11.0 Å². The molecule has 0 unspecified atom stereocenters. The largest absolute Gasteiger partial charge is 0.287 e. The quantitative estimate of drug-likeness (QED) is 0.249. The van der Waals surface area contributed by atoms with Crippen LogP contribution >= 0.6 is 57.7 Å². The Morgan fingerprint density at radius 2 is 1.47 bits per heavy atom. The first-order valence-corrected chi connectivity index (χ1v) is 12.2. The molecule has 170 valence electrons. The maximum Gasteiger partial charge on any atom is 0.271 e. The molecule has 5 nitrogen and oxygen atoms in total. The van der Waals surface area contributed by atoms with Crippen molar-refractivity contribution in [2.75, 3.05) is 11.6 Å². The van der Waals surface area contributed by atoms with Crippen LogP contribution in [0.5, 0.6) is 0 Å². The summed E-state index contributed by atoms with van der Waals surface area (Å²) in [4.78, 5) is 42.3. The molecule has 0 radical (unpaired) electrons. The number of imide groups is 1. The van der Waals surface area contributed by atoms with Gasteiger partial charge in [-0.05, 0) is 42.5 Å². The van der Waals surface area contributed by atoms with Crippen LogP contribution in [0.4, 0.5) is 5.69 Å². The number of thiophene rings is 1. The first kappa shape index (κ1) is 23.1. The van der Waals surface area contributed by atoms with Gasteiger partial charge < -0.3 is 0 Å². The molecule has 0 fully saturated rings. The Morgan fingerprint density at radius 3 is 2.12 bits per heavy atom. The number of fused-ring (bicyclic) bond motifs is 2. The summed E-state index contributed by atoms with van der Waals surface area (Å²) in [6.07, 6.45) is 0. The van der Waals surface area contributed by atoms with Gasteiger partial charge >= 0.3 is 0 Å². The predicted molar refractivity (Wildman–Crippen MR) is 137 cm³/mol. The second-order valence-corrected chi connectivity index (χ2v) is 10.2. The lowest BCUT2D eigenvalue weighted by atomic mass is 10.1. The molecule has 0 saturated carbocycles. The molecular weight excluding hydrogens is 538 g/mol. The Bertz CT molecular complexity index is 1480. The molecule has 3 aromatic carbocycles. The van der Waals surface area contributed by atoms with Gasteiger partial charge in [0.05, 0.1) is 26.9 Å². The molecule has 1 aliphatic rings. The van der Waals surface area contributed by atoms with Crippen molar-refractivity contribution >= 4 is 91.2 Å². The maximum atomic E-state index is 13.8. The fraction of sp³-hybridized carbons (Fsp3) is 0.0417. The highest BCUT2D eigenvalue weighted by molar-refractivity contribution is 7.21. The molecule has 0 N–H and O–H groups in total. The molecule has 0 atom stereocenters. The van der Waals surface area contributed by atoms with E-state index in [0.717, 1.165) is 20.9 Å². The first-order chi connectivity index (χ1) is 16.3. The highest BCUT2D eigenvalue weighted by Gasteiger charge is 2.38. The highest BCUT2D eigenvalue weighted by atomic mass is 35.5. The van der Waals surface area contributed by atoms with Crippen LogP contribution in [0.1, 0.15) is 30.4 Å². The van der Waals surface area contributed by atoms with Gasteiger partial charge in [0, 0.05) is 20.1 Å². The van der Waals surface area contributed by atoms with Gasteiger partial charge in [-0.25, -0.2) is 0 Å². The molecule has 0 spiro atoms. The first-order valence-electron chi connectivity index (χ1n) is 9.86. The smallest absolute Gasteiger partial charge is 0.271 e. The van der Waals surface area contributed by atoms with E-state index in [1.54, 1.807) is 54.6 Å². The minimum Gasteiger partial charge on any atom is -0.287 e. The maximum absolute atomic E-state index is 13.8. The zero-order chi connectivity index (χ0) is 24.1. The van der Waals surface area contributed by atoms with Crippen LogP contribution in [-0.2, 0) is 0 Å². The number of anilines is 1. The molecule has 2 heterocycles. The fourth-order valence-electron chi connectivity index (χ4n) is 3.76. The van der Waals surface area contributed by atoms with Crippen molar-refractivity contribution in [1.29, 1.82) is 0 Å². The van der Waals surface area contributed by atoms with E-state index in [1.807, 2.05) is 0 Å². The predicted octanol–water partition coefficient (Wildman–Crippen LogP) is 7.42. The van der Waals surface area contributed by atoms with Gasteiger partial charge in [0.1, 0.15) is 11.5 Å². The number of carbonyl (C=O) groups is 3. The molecular formula is C24H12Cl4N2O3S. The second kappa shape index (κ2) is 8.87. The van der Waals surface area contributed by atoms with Crippen LogP contribution < -0.4 is 4.90 Å². The monoisotopic (exact) mass is 548 g/mol. The number of hydrogen-bond acceptors (Lipinski definition) is 4. The fourth-order valence-corrected chi connectivity index (χ4v) is 6.01. The van der Waals surface area contributed by atoms with E-state index in [0.29, 0.717) is 15.4 Å². The Morgan fingerprint density at radius 1 is 0.853 bits per heavy atom. The lowest BCUT2D eigenvalue weighted by molar-refractivity contribution is 0.0650. The number of rotatable bonds is 4. The topological polar surface area (TPSA) is 57.7 Å². The lowest BCUT2D eigenvalue weighted by Crippen LogP contribution is -2.44. The van der Waals surface area contributed by atoms with Crippen LogP contribution in [0.3, 0.4) is 0 Å². The summed E-state index contributed by atoms with van der Waals surface area (Å²) < 4.78 is 0.726. The van der Waals surface area contributed by atoms with Crippen molar-refractivity contribution < 1.29 is 14.4 Å². The molecule has 3 amide bonds. The van der Waals surface area contributed by atoms with Gasteiger partial charge in [-0.2, -0.15) is 0 Å². The third-order valence-electron chi connectivity index (χ3n) is 5.39. The Kier molecular flexibility index (Phi) is 6.04. The summed E-state index contributed by atoms with van der Waals surface area (Å²) in [5.41, 5.74) is 0.826. The van der Waals surface area contributed by atoms with E-state index >= 15 is 0 Å². The van der Waals surface area contributed by atoms with Crippen LogP contribution in [0.15, 0.2) is 60.7 Å². The molecule has 10 heteroatoms. The molecule has 1 aromatic heterocycles. The zero-order valence-electron chi connectivity index (χ0n) is 17.0. The molecule has 4 aromatic rings. The molecule has 1 aliphatic heterocycles. The summed E-state index contributed by atoms with van der Waals surface area (Å²) >= 11 is 26.3. The molecule has 0 saturated heterocycles. The lowest BCUT2D eigenvalue weighted by Gasteiger charge is -2.27. The minimum absolute atomic E-state index is 0.178. The van der Waals surface area contributed by atoms with E-state index in [2.05, 4.69) is 0 Å². The summed E-state index contributed by atoms with van der Waals surface area (Å²) in [7, 11) is 0. The number of nitrogens with zero attached hydrogens (tertiary/aromatic N) is 2. The molecule has 5 rings (SSSR count). The van der Waals surface area contributed by atoms with Gasteiger partial charge in [-0.1, -0.05) is 64.6 Å². The van der Waals surface area contributed by atoms with Crippen molar-refractivity contribution in [2.24, 2.45) is 0 Å². The van der Waals surface area contributed by atoms with Crippen molar-refractivity contribution in [1.82, 2.24) is 4.90 Å². The van der Waals surface area contributed by atoms with E-state index in [9.17, 15) is 14.4 Å². The minimum atomic E-state index is -0.525. The Balaban J connectivity index is 1.60. The van der Waals surface area contributed by atoms with E-state index in [4.69, 9.17) is 46.4 Å². The number of halogens is 4. The normalized spacial score (nSPS) is 13.0. The van der Waals surface area contributed by atoms with Gasteiger partial charge in [-0.3, -0.25) is 24.2 Å². The van der Waals surface area contributed by atoms with Crippen molar-refractivity contribution in [3.05, 3.63) is 96.8 Å².